The lowest BCUT2D eigenvalue weighted by Crippen LogP contribution is -1.81. The largest absolute Gasteiger partial charge is 0.497 e. The van der Waals surface area contributed by atoms with Crippen LogP contribution in [0.2, 0.25) is 0 Å². The van der Waals surface area contributed by atoms with Gasteiger partial charge in [0.1, 0.15) is 5.75 Å². The molecular formula is C15H13IO. The summed E-state index contributed by atoms with van der Waals surface area (Å²) in [5.74, 6) is 0.886. The van der Waals surface area contributed by atoms with Crippen LogP contribution in [-0.4, -0.2) is 7.11 Å². The van der Waals surface area contributed by atoms with Crippen LogP contribution in [-0.2, 0) is 0 Å². The molecule has 2 heteroatoms. The Bertz CT molecular complexity index is 497. The van der Waals surface area contributed by atoms with Gasteiger partial charge >= 0.3 is 0 Å². The van der Waals surface area contributed by atoms with E-state index >= 15 is 0 Å². The molecule has 2 rings (SSSR count). The Labute approximate surface area is 115 Å². The van der Waals surface area contributed by atoms with Gasteiger partial charge in [-0.3, -0.25) is 0 Å². The standard InChI is InChI=1S/C15H13IO/c1-17-15-10-6-13(7-11-15)3-2-12-4-8-14(16)9-5-12/h2-11H,1H3. The molecule has 0 saturated carbocycles. The molecule has 0 fully saturated rings. The Morgan fingerprint density at radius 1 is 0.824 bits per heavy atom. The van der Waals surface area contributed by atoms with Crippen molar-refractivity contribution in [3.05, 3.63) is 63.2 Å². The first-order valence-corrected chi connectivity index (χ1v) is 6.43. The van der Waals surface area contributed by atoms with Crippen LogP contribution >= 0.6 is 22.6 Å². The molecule has 0 aliphatic heterocycles. The smallest absolute Gasteiger partial charge is 0.118 e. The van der Waals surface area contributed by atoms with Crippen LogP contribution in [0.15, 0.2) is 48.5 Å². The van der Waals surface area contributed by atoms with Crippen LogP contribution < -0.4 is 4.74 Å². The van der Waals surface area contributed by atoms with Gasteiger partial charge in [-0.05, 0) is 58.0 Å². The van der Waals surface area contributed by atoms with Gasteiger partial charge in [-0.25, -0.2) is 0 Å². The number of hydrogen-bond donors (Lipinski definition) is 0. The Morgan fingerprint density at radius 2 is 1.29 bits per heavy atom. The van der Waals surface area contributed by atoms with Crippen LogP contribution in [0.4, 0.5) is 0 Å². The zero-order valence-electron chi connectivity index (χ0n) is 9.56. The van der Waals surface area contributed by atoms with Crippen molar-refractivity contribution in [1.29, 1.82) is 0 Å². The molecule has 0 N–H and O–H groups in total. The van der Waals surface area contributed by atoms with E-state index in [0.717, 1.165) is 5.75 Å². The Kier molecular flexibility index (Phi) is 4.20. The predicted octanol–water partition coefficient (Wildman–Crippen LogP) is 4.47. The lowest BCUT2D eigenvalue weighted by Gasteiger charge is -1.99. The summed E-state index contributed by atoms with van der Waals surface area (Å²) in [5, 5.41) is 0. The van der Waals surface area contributed by atoms with Crippen LogP contribution in [0, 0.1) is 3.57 Å². The Morgan fingerprint density at radius 3 is 1.76 bits per heavy atom. The van der Waals surface area contributed by atoms with Gasteiger partial charge in [0.25, 0.3) is 0 Å². The number of rotatable bonds is 3. The van der Waals surface area contributed by atoms with Crippen molar-refractivity contribution in [2.45, 2.75) is 0 Å². The molecule has 0 aliphatic rings. The highest BCUT2D eigenvalue weighted by molar-refractivity contribution is 14.1. The number of benzene rings is 2. The maximum Gasteiger partial charge on any atom is 0.118 e. The summed E-state index contributed by atoms with van der Waals surface area (Å²) in [6.45, 7) is 0. The van der Waals surface area contributed by atoms with E-state index in [1.165, 1.54) is 14.7 Å². The second kappa shape index (κ2) is 5.87. The molecule has 0 unspecified atom stereocenters. The quantitative estimate of drug-likeness (QED) is 0.594. The minimum atomic E-state index is 0.886. The first kappa shape index (κ1) is 12.2. The van der Waals surface area contributed by atoms with Crippen LogP contribution in [0.5, 0.6) is 5.75 Å². The molecule has 1 nitrogen and oxygen atoms in total. The highest BCUT2D eigenvalue weighted by atomic mass is 127. The van der Waals surface area contributed by atoms with E-state index in [-0.39, 0.29) is 0 Å². The molecule has 0 aliphatic carbocycles. The van der Waals surface area contributed by atoms with Crippen LogP contribution in [0.25, 0.3) is 12.2 Å². The van der Waals surface area contributed by atoms with Crippen LogP contribution in [0.1, 0.15) is 11.1 Å². The molecule has 0 saturated heterocycles. The fraction of sp³-hybridized carbons (Fsp3) is 0.0667. The lowest BCUT2D eigenvalue weighted by atomic mass is 10.1. The summed E-state index contributed by atoms with van der Waals surface area (Å²) in [5.41, 5.74) is 2.38. The van der Waals surface area contributed by atoms with E-state index in [1.807, 2.05) is 24.3 Å². The van der Waals surface area contributed by atoms with Gasteiger partial charge in [-0.2, -0.15) is 0 Å². The van der Waals surface area contributed by atoms with E-state index in [0.29, 0.717) is 0 Å². The third-order valence-corrected chi connectivity index (χ3v) is 3.17. The Hall–Kier alpha value is -1.29. The molecule has 0 aromatic heterocycles. The zero-order valence-corrected chi connectivity index (χ0v) is 11.7. The normalized spacial score (nSPS) is 10.7. The monoisotopic (exact) mass is 336 g/mol. The lowest BCUT2D eigenvalue weighted by molar-refractivity contribution is 0.415. The van der Waals surface area contributed by atoms with E-state index in [2.05, 4.69) is 59.0 Å². The minimum Gasteiger partial charge on any atom is -0.497 e. The van der Waals surface area contributed by atoms with Crippen molar-refractivity contribution in [1.82, 2.24) is 0 Å². The van der Waals surface area contributed by atoms with Crippen molar-refractivity contribution in [2.75, 3.05) is 7.11 Å². The third-order valence-electron chi connectivity index (χ3n) is 2.45. The molecule has 2 aromatic carbocycles. The first-order valence-electron chi connectivity index (χ1n) is 5.35. The molecule has 0 atom stereocenters. The molecule has 17 heavy (non-hydrogen) atoms. The molecule has 0 amide bonds. The fourth-order valence-electron chi connectivity index (χ4n) is 1.48. The fourth-order valence-corrected chi connectivity index (χ4v) is 1.84. The van der Waals surface area contributed by atoms with Gasteiger partial charge < -0.3 is 4.74 Å². The molecule has 2 aromatic rings. The average molecular weight is 336 g/mol. The summed E-state index contributed by atoms with van der Waals surface area (Å²) in [7, 11) is 1.68. The van der Waals surface area contributed by atoms with Gasteiger partial charge in [-0.1, -0.05) is 36.4 Å². The van der Waals surface area contributed by atoms with Crippen molar-refractivity contribution >= 4 is 34.7 Å². The van der Waals surface area contributed by atoms with Crippen molar-refractivity contribution in [2.24, 2.45) is 0 Å². The maximum atomic E-state index is 5.12. The van der Waals surface area contributed by atoms with E-state index in [9.17, 15) is 0 Å². The number of halogens is 1. The molecule has 0 spiro atoms. The minimum absolute atomic E-state index is 0.886. The van der Waals surface area contributed by atoms with Gasteiger partial charge in [0.05, 0.1) is 7.11 Å². The van der Waals surface area contributed by atoms with E-state index in [1.54, 1.807) is 7.11 Å². The topological polar surface area (TPSA) is 9.23 Å². The summed E-state index contributed by atoms with van der Waals surface area (Å²) < 4.78 is 6.37. The molecular weight excluding hydrogens is 323 g/mol. The highest BCUT2D eigenvalue weighted by Gasteiger charge is 1.91. The summed E-state index contributed by atoms with van der Waals surface area (Å²) in [6.07, 6.45) is 4.21. The van der Waals surface area contributed by atoms with E-state index in [4.69, 9.17) is 4.74 Å². The van der Waals surface area contributed by atoms with E-state index < -0.39 is 0 Å². The molecule has 0 heterocycles. The predicted molar refractivity (Wildman–Crippen MR) is 81.1 cm³/mol. The third kappa shape index (κ3) is 3.60. The van der Waals surface area contributed by atoms with Gasteiger partial charge in [0.2, 0.25) is 0 Å². The zero-order chi connectivity index (χ0) is 12.1. The number of hydrogen-bond acceptors (Lipinski definition) is 1. The van der Waals surface area contributed by atoms with Crippen molar-refractivity contribution in [3.63, 3.8) is 0 Å². The highest BCUT2D eigenvalue weighted by Crippen LogP contribution is 2.14. The Balaban J connectivity index is 2.11. The van der Waals surface area contributed by atoms with Crippen LogP contribution in [0.3, 0.4) is 0 Å². The molecule has 0 bridgehead atoms. The average Bonchev–Trinajstić information content (AvgIpc) is 2.39. The summed E-state index contributed by atoms with van der Waals surface area (Å²) in [4.78, 5) is 0. The van der Waals surface area contributed by atoms with Gasteiger partial charge in [0.15, 0.2) is 0 Å². The SMILES string of the molecule is COc1ccc(C=Cc2ccc(I)cc2)cc1. The maximum absolute atomic E-state index is 5.12. The number of ether oxygens (including phenoxy) is 1. The van der Waals surface area contributed by atoms with Gasteiger partial charge in [-0.15, -0.1) is 0 Å². The second-order valence-corrected chi connectivity index (χ2v) is 4.90. The van der Waals surface area contributed by atoms with Crippen molar-refractivity contribution < 1.29 is 4.74 Å². The number of methoxy groups -OCH3 is 1. The summed E-state index contributed by atoms with van der Waals surface area (Å²) >= 11 is 2.31. The summed E-state index contributed by atoms with van der Waals surface area (Å²) in [6, 6.07) is 16.5. The molecule has 86 valence electrons. The van der Waals surface area contributed by atoms with Gasteiger partial charge in [0, 0.05) is 3.57 Å². The van der Waals surface area contributed by atoms with Crippen molar-refractivity contribution in [3.8, 4) is 5.75 Å². The molecule has 0 radical (unpaired) electrons. The first-order chi connectivity index (χ1) is 8.28. The second-order valence-electron chi connectivity index (χ2n) is 3.66.